The molecule has 0 aliphatic carbocycles. The summed E-state index contributed by atoms with van der Waals surface area (Å²) < 4.78 is 23.9. The molecule has 0 unspecified atom stereocenters. The van der Waals surface area contributed by atoms with E-state index in [0.717, 1.165) is 6.26 Å². The summed E-state index contributed by atoms with van der Waals surface area (Å²) in [5, 5.41) is 11.8. The number of pyridine rings is 1. The van der Waals surface area contributed by atoms with Crippen molar-refractivity contribution in [3.8, 4) is 0 Å². The molecule has 1 rings (SSSR count). The van der Waals surface area contributed by atoms with Gasteiger partial charge in [-0.1, -0.05) is 11.6 Å². The minimum atomic E-state index is -3.19. The third-order valence-electron chi connectivity index (χ3n) is 2.06. The summed E-state index contributed by atoms with van der Waals surface area (Å²) in [7, 11) is -3.19. The van der Waals surface area contributed by atoms with E-state index in [9.17, 15) is 13.2 Å². The fourth-order valence-corrected chi connectivity index (χ4v) is 2.00. The number of aromatic nitrogens is 1. The lowest BCUT2D eigenvalue weighted by molar-refractivity contribution is 0.0697. The molecule has 1 aromatic rings. The Balaban J connectivity index is 2.47. The smallest absolute Gasteiger partial charge is 0.335 e. The SMILES string of the molecule is CS(=O)(=O)NCCCNc1cc(C(=O)O)cc(Cl)n1. The van der Waals surface area contributed by atoms with E-state index in [1.165, 1.54) is 12.1 Å². The zero-order chi connectivity index (χ0) is 14.5. The molecule has 0 amide bonds. The van der Waals surface area contributed by atoms with E-state index < -0.39 is 16.0 Å². The number of nitrogens with zero attached hydrogens (tertiary/aromatic N) is 1. The van der Waals surface area contributed by atoms with E-state index >= 15 is 0 Å². The predicted octanol–water partition coefficient (Wildman–Crippen LogP) is 0.784. The molecule has 0 saturated carbocycles. The van der Waals surface area contributed by atoms with Crippen molar-refractivity contribution in [3.63, 3.8) is 0 Å². The van der Waals surface area contributed by atoms with Crippen LogP contribution in [0.5, 0.6) is 0 Å². The van der Waals surface area contributed by atoms with Gasteiger partial charge in [-0.25, -0.2) is 22.9 Å². The topological polar surface area (TPSA) is 108 Å². The number of sulfonamides is 1. The lowest BCUT2D eigenvalue weighted by Gasteiger charge is -2.07. The first kappa shape index (κ1) is 15.7. The lowest BCUT2D eigenvalue weighted by Crippen LogP contribution is -2.24. The molecule has 1 heterocycles. The molecule has 0 bridgehead atoms. The quantitative estimate of drug-likeness (QED) is 0.507. The van der Waals surface area contributed by atoms with Gasteiger partial charge in [-0.3, -0.25) is 0 Å². The predicted molar refractivity (Wildman–Crippen MR) is 72.2 cm³/mol. The summed E-state index contributed by atoms with van der Waals surface area (Å²) in [6, 6.07) is 2.61. The molecule has 0 saturated heterocycles. The van der Waals surface area contributed by atoms with Crippen LogP contribution in [0.4, 0.5) is 5.82 Å². The zero-order valence-electron chi connectivity index (χ0n) is 10.2. The van der Waals surface area contributed by atoms with Crippen LogP contribution in [0.25, 0.3) is 0 Å². The first-order valence-corrected chi connectivity index (χ1v) is 7.64. The van der Waals surface area contributed by atoms with Crippen LogP contribution in [0.1, 0.15) is 16.8 Å². The second kappa shape index (κ2) is 6.69. The molecule has 1 aromatic heterocycles. The second-order valence-electron chi connectivity index (χ2n) is 3.82. The number of carbonyl (C=O) groups is 1. The number of carboxylic acids is 1. The summed E-state index contributed by atoms with van der Waals surface area (Å²) in [5.41, 5.74) is 0.0387. The number of rotatable bonds is 7. The first-order chi connectivity index (χ1) is 8.78. The van der Waals surface area contributed by atoms with E-state index in [1.54, 1.807) is 0 Å². The van der Waals surface area contributed by atoms with Gasteiger partial charge >= 0.3 is 5.97 Å². The summed E-state index contributed by atoms with van der Waals surface area (Å²) >= 11 is 5.69. The third kappa shape index (κ3) is 6.37. The van der Waals surface area contributed by atoms with E-state index in [-0.39, 0.29) is 17.3 Å². The molecule has 106 valence electrons. The molecule has 3 N–H and O–H groups in total. The van der Waals surface area contributed by atoms with Gasteiger partial charge in [-0.15, -0.1) is 0 Å². The van der Waals surface area contributed by atoms with Gasteiger partial charge < -0.3 is 10.4 Å². The molecule has 0 radical (unpaired) electrons. The van der Waals surface area contributed by atoms with Gasteiger partial charge in [0.1, 0.15) is 11.0 Å². The van der Waals surface area contributed by atoms with Gasteiger partial charge in [0.2, 0.25) is 10.0 Å². The highest BCUT2D eigenvalue weighted by Gasteiger charge is 2.07. The van der Waals surface area contributed by atoms with Crippen LogP contribution in [0, 0.1) is 0 Å². The van der Waals surface area contributed by atoms with E-state index in [0.29, 0.717) is 18.8 Å². The fraction of sp³-hybridized carbons (Fsp3) is 0.400. The van der Waals surface area contributed by atoms with Crippen molar-refractivity contribution in [2.24, 2.45) is 0 Å². The number of anilines is 1. The van der Waals surface area contributed by atoms with Gasteiger partial charge in [-0.05, 0) is 18.6 Å². The number of halogens is 1. The lowest BCUT2D eigenvalue weighted by atomic mass is 10.2. The standard InChI is InChI=1S/C10H14ClN3O4S/c1-19(17,18)13-4-2-3-12-9-6-7(10(15)16)5-8(11)14-9/h5-6,13H,2-4H2,1H3,(H,12,14)(H,15,16). The van der Waals surface area contributed by atoms with E-state index in [1.807, 2.05) is 0 Å². The van der Waals surface area contributed by atoms with E-state index in [2.05, 4.69) is 15.0 Å². The first-order valence-electron chi connectivity index (χ1n) is 5.37. The molecule has 0 aliphatic rings. The Kier molecular flexibility index (Phi) is 5.52. The van der Waals surface area contributed by atoms with Gasteiger partial charge in [0.15, 0.2) is 0 Å². The molecule has 0 aliphatic heterocycles. The Morgan fingerprint density at radius 3 is 2.68 bits per heavy atom. The molecule has 9 heteroatoms. The molecule has 0 atom stereocenters. The molecule has 0 aromatic carbocycles. The number of carboxylic acid groups (broad SMARTS) is 1. The van der Waals surface area contributed by atoms with Crippen molar-refractivity contribution in [3.05, 3.63) is 22.8 Å². The minimum absolute atomic E-state index is 0.0387. The van der Waals surface area contributed by atoms with Gasteiger partial charge in [-0.2, -0.15) is 0 Å². The van der Waals surface area contributed by atoms with Crippen LogP contribution in [-0.2, 0) is 10.0 Å². The maximum atomic E-state index is 10.8. The number of hydrogen-bond donors (Lipinski definition) is 3. The molecule has 7 nitrogen and oxygen atoms in total. The molecule has 0 fully saturated rings. The van der Waals surface area contributed by atoms with Gasteiger partial charge in [0.25, 0.3) is 0 Å². The maximum absolute atomic E-state index is 10.8. The zero-order valence-corrected chi connectivity index (χ0v) is 11.8. The average Bonchev–Trinajstić information content (AvgIpc) is 2.26. The van der Waals surface area contributed by atoms with Crippen molar-refractivity contribution >= 4 is 33.4 Å². The van der Waals surface area contributed by atoms with Crippen LogP contribution in [0.3, 0.4) is 0 Å². The Labute approximate surface area is 116 Å². The van der Waals surface area contributed by atoms with Crippen LogP contribution < -0.4 is 10.0 Å². The van der Waals surface area contributed by atoms with Gasteiger partial charge in [0, 0.05) is 13.1 Å². The van der Waals surface area contributed by atoms with Crippen LogP contribution >= 0.6 is 11.6 Å². The van der Waals surface area contributed by atoms with Crippen LogP contribution in [-0.4, -0.2) is 43.8 Å². The van der Waals surface area contributed by atoms with Gasteiger partial charge in [0.05, 0.1) is 11.8 Å². The molecular weight excluding hydrogens is 294 g/mol. The highest BCUT2D eigenvalue weighted by molar-refractivity contribution is 7.88. The molecule has 19 heavy (non-hydrogen) atoms. The van der Waals surface area contributed by atoms with Crippen LogP contribution in [0.15, 0.2) is 12.1 Å². The van der Waals surface area contributed by atoms with Crippen molar-refractivity contribution in [1.82, 2.24) is 9.71 Å². The number of nitrogens with one attached hydrogen (secondary N) is 2. The fourth-order valence-electron chi connectivity index (χ4n) is 1.27. The Morgan fingerprint density at radius 1 is 1.42 bits per heavy atom. The summed E-state index contributed by atoms with van der Waals surface area (Å²) in [6.07, 6.45) is 1.61. The summed E-state index contributed by atoms with van der Waals surface area (Å²) in [6.45, 7) is 0.729. The minimum Gasteiger partial charge on any atom is -0.478 e. The van der Waals surface area contributed by atoms with Crippen molar-refractivity contribution < 1.29 is 18.3 Å². The summed E-state index contributed by atoms with van der Waals surface area (Å²) in [4.78, 5) is 14.7. The highest BCUT2D eigenvalue weighted by atomic mass is 35.5. The van der Waals surface area contributed by atoms with E-state index in [4.69, 9.17) is 16.7 Å². The normalized spacial score (nSPS) is 11.3. The number of hydrogen-bond acceptors (Lipinski definition) is 5. The largest absolute Gasteiger partial charge is 0.478 e. The maximum Gasteiger partial charge on any atom is 0.335 e. The molecule has 0 spiro atoms. The van der Waals surface area contributed by atoms with Crippen molar-refractivity contribution in [2.45, 2.75) is 6.42 Å². The second-order valence-corrected chi connectivity index (χ2v) is 6.04. The van der Waals surface area contributed by atoms with Crippen molar-refractivity contribution in [1.29, 1.82) is 0 Å². The third-order valence-corrected chi connectivity index (χ3v) is 2.99. The Morgan fingerprint density at radius 2 is 2.11 bits per heavy atom. The molecular formula is C10H14ClN3O4S. The summed E-state index contributed by atoms with van der Waals surface area (Å²) in [5.74, 6) is -0.754. The average molecular weight is 308 g/mol. The number of aromatic carboxylic acids is 1. The highest BCUT2D eigenvalue weighted by Crippen LogP contribution is 2.14. The van der Waals surface area contributed by atoms with Crippen molar-refractivity contribution in [2.75, 3.05) is 24.7 Å². The monoisotopic (exact) mass is 307 g/mol. The Hall–Kier alpha value is -1.38. The van der Waals surface area contributed by atoms with Crippen LogP contribution in [0.2, 0.25) is 5.15 Å². The Bertz CT molecular complexity index is 562.